The largest absolute Gasteiger partial charge is 0.455 e. The number of amides is 1. The van der Waals surface area contributed by atoms with Crippen molar-refractivity contribution in [2.75, 3.05) is 11.9 Å². The number of nitrogens with one attached hydrogen (secondary N) is 1. The molecule has 1 N–H and O–H groups in total. The van der Waals surface area contributed by atoms with Crippen LogP contribution in [0.1, 0.15) is 37.3 Å². The quantitative estimate of drug-likeness (QED) is 0.804. The third-order valence-electron chi connectivity index (χ3n) is 4.62. The summed E-state index contributed by atoms with van der Waals surface area (Å²) in [6.07, 6.45) is 2.64. The second-order valence-electron chi connectivity index (χ2n) is 6.78. The highest BCUT2D eigenvalue weighted by Gasteiger charge is 2.34. The van der Waals surface area contributed by atoms with Crippen molar-refractivity contribution in [1.82, 2.24) is 9.78 Å². The Kier molecular flexibility index (Phi) is 4.28. The number of aromatic nitrogens is 2. The number of anilines is 1. The number of hydrogen-bond donors (Lipinski definition) is 1. The Labute approximate surface area is 150 Å². The van der Waals surface area contributed by atoms with Crippen molar-refractivity contribution in [3.05, 3.63) is 42.1 Å². The average Bonchev–Trinajstić information content (AvgIpc) is 3.39. The number of nitrogens with zero attached hydrogens (tertiary/aromatic N) is 2. The number of carbonyl (C=O) groups is 3. The molecule has 26 heavy (non-hydrogen) atoms. The van der Waals surface area contributed by atoms with Crippen molar-refractivity contribution < 1.29 is 19.1 Å². The lowest BCUT2D eigenvalue weighted by Crippen LogP contribution is -2.33. The molecule has 1 aromatic heterocycles. The monoisotopic (exact) mass is 353 g/mol. The van der Waals surface area contributed by atoms with Gasteiger partial charge in [0.2, 0.25) is 0 Å². The Balaban J connectivity index is 1.42. The van der Waals surface area contributed by atoms with E-state index in [0.717, 1.165) is 24.2 Å². The van der Waals surface area contributed by atoms with E-state index >= 15 is 0 Å². The van der Waals surface area contributed by atoms with Gasteiger partial charge in [0.05, 0.1) is 17.3 Å². The second-order valence-corrected chi connectivity index (χ2v) is 6.78. The Hall–Kier alpha value is -2.96. The van der Waals surface area contributed by atoms with Crippen LogP contribution < -0.4 is 5.32 Å². The fraction of sp³-hybridized carbons (Fsp3) is 0.368. The SMILES string of the molecule is O=C1CC(C(=O)OCC(=O)Nc2cc(C3CC3)nn2-c2ccccc2)C1. The molecule has 0 saturated heterocycles. The highest BCUT2D eigenvalue weighted by atomic mass is 16.5. The molecule has 2 aliphatic rings. The van der Waals surface area contributed by atoms with Crippen molar-refractivity contribution in [3.63, 3.8) is 0 Å². The summed E-state index contributed by atoms with van der Waals surface area (Å²) < 4.78 is 6.70. The number of benzene rings is 1. The van der Waals surface area contributed by atoms with Crippen LogP contribution in [0.15, 0.2) is 36.4 Å². The van der Waals surface area contributed by atoms with Crippen molar-refractivity contribution in [1.29, 1.82) is 0 Å². The molecule has 2 aliphatic carbocycles. The molecule has 0 unspecified atom stereocenters. The molecule has 0 aliphatic heterocycles. The van der Waals surface area contributed by atoms with Gasteiger partial charge in [-0.1, -0.05) is 18.2 Å². The van der Waals surface area contributed by atoms with E-state index in [9.17, 15) is 14.4 Å². The van der Waals surface area contributed by atoms with Crippen LogP contribution in [0.5, 0.6) is 0 Å². The van der Waals surface area contributed by atoms with E-state index in [-0.39, 0.29) is 25.2 Å². The normalized spacial score (nSPS) is 16.8. The number of hydrogen-bond acceptors (Lipinski definition) is 5. The van der Waals surface area contributed by atoms with Crippen LogP contribution in [-0.2, 0) is 19.1 Å². The minimum atomic E-state index is -0.491. The van der Waals surface area contributed by atoms with Crippen molar-refractivity contribution >= 4 is 23.5 Å². The van der Waals surface area contributed by atoms with E-state index in [0.29, 0.717) is 11.7 Å². The summed E-state index contributed by atoms with van der Waals surface area (Å²) in [5.74, 6) is -0.261. The van der Waals surface area contributed by atoms with E-state index < -0.39 is 17.8 Å². The molecule has 7 heteroatoms. The number of esters is 1. The standard InChI is InChI=1S/C19H19N3O4/c23-15-8-13(9-15)19(25)26-11-18(24)20-17-10-16(12-6-7-12)21-22(17)14-4-2-1-3-5-14/h1-5,10,12-13H,6-9,11H2,(H,20,24). The lowest BCUT2D eigenvalue weighted by atomic mass is 9.84. The Morgan fingerprint density at radius 3 is 2.58 bits per heavy atom. The molecule has 7 nitrogen and oxygen atoms in total. The first kappa shape index (κ1) is 16.5. The van der Waals surface area contributed by atoms with Crippen molar-refractivity contribution in [2.24, 2.45) is 5.92 Å². The fourth-order valence-electron chi connectivity index (χ4n) is 2.92. The Morgan fingerprint density at radius 2 is 1.92 bits per heavy atom. The number of Topliss-reactive ketones (excluding diaryl/α,β-unsaturated/α-hetero) is 1. The van der Waals surface area contributed by atoms with Crippen molar-refractivity contribution in [3.8, 4) is 5.69 Å². The predicted octanol–water partition coefficient (Wildman–Crippen LogP) is 2.21. The van der Waals surface area contributed by atoms with E-state index in [4.69, 9.17) is 4.74 Å². The number of ketones is 1. The minimum Gasteiger partial charge on any atom is -0.455 e. The number of ether oxygens (including phenoxy) is 1. The first-order chi connectivity index (χ1) is 12.6. The minimum absolute atomic E-state index is 0.0516. The molecule has 2 aromatic rings. The van der Waals surface area contributed by atoms with Crippen LogP contribution in [0, 0.1) is 5.92 Å². The third-order valence-corrected chi connectivity index (χ3v) is 4.62. The summed E-state index contributed by atoms with van der Waals surface area (Å²) in [5.41, 5.74) is 1.80. The van der Waals surface area contributed by atoms with Crippen LogP contribution in [0.25, 0.3) is 5.69 Å². The van der Waals surface area contributed by atoms with Gasteiger partial charge in [-0.25, -0.2) is 4.68 Å². The molecular weight excluding hydrogens is 334 g/mol. The van der Waals surface area contributed by atoms with Gasteiger partial charge in [0, 0.05) is 24.8 Å². The predicted molar refractivity (Wildman–Crippen MR) is 92.9 cm³/mol. The summed E-state index contributed by atoms with van der Waals surface area (Å²) in [6.45, 7) is -0.373. The average molecular weight is 353 g/mol. The maximum atomic E-state index is 12.2. The number of para-hydroxylation sites is 1. The first-order valence-corrected chi connectivity index (χ1v) is 8.74. The molecule has 1 aromatic carbocycles. The third kappa shape index (κ3) is 3.51. The zero-order valence-corrected chi connectivity index (χ0v) is 14.2. The zero-order valence-electron chi connectivity index (χ0n) is 14.2. The molecule has 1 heterocycles. The van der Waals surface area contributed by atoms with Crippen LogP contribution in [0.4, 0.5) is 5.82 Å². The van der Waals surface area contributed by atoms with Gasteiger partial charge < -0.3 is 10.1 Å². The fourth-order valence-corrected chi connectivity index (χ4v) is 2.92. The van der Waals surface area contributed by atoms with Gasteiger partial charge in [-0.3, -0.25) is 14.4 Å². The molecule has 2 fully saturated rings. The number of rotatable bonds is 6. The summed E-state index contributed by atoms with van der Waals surface area (Å²) in [7, 11) is 0. The van der Waals surface area contributed by atoms with E-state index in [2.05, 4.69) is 10.4 Å². The van der Waals surface area contributed by atoms with Gasteiger partial charge >= 0.3 is 5.97 Å². The van der Waals surface area contributed by atoms with Crippen LogP contribution >= 0.6 is 0 Å². The molecule has 1 amide bonds. The van der Waals surface area contributed by atoms with Gasteiger partial charge in [-0.2, -0.15) is 5.10 Å². The van der Waals surface area contributed by atoms with E-state index in [1.54, 1.807) is 4.68 Å². The maximum absolute atomic E-state index is 12.2. The highest BCUT2D eigenvalue weighted by molar-refractivity contribution is 5.96. The molecule has 4 rings (SSSR count). The Morgan fingerprint density at radius 1 is 1.19 bits per heavy atom. The molecule has 0 radical (unpaired) electrons. The molecule has 0 bridgehead atoms. The Bertz CT molecular complexity index is 847. The topological polar surface area (TPSA) is 90.3 Å². The van der Waals surface area contributed by atoms with Gasteiger partial charge in [-0.05, 0) is 25.0 Å². The molecular formula is C19H19N3O4. The highest BCUT2D eigenvalue weighted by Crippen LogP contribution is 2.40. The first-order valence-electron chi connectivity index (χ1n) is 8.74. The summed E-state index contributed by atoms with van der Waals surface area (Å²) in [6, 6.07) is 11.4. The zero-order chi connectivity index (χ0) is 18.1. The van der Waals surface area contributed by atoms with Gasteiger partial charge in [0.15, 0.2) is 6.61 Å². The van der Waals surface area contributed by atoms with Gasteiger partial charge in [-0.15, -0.1) is 0 Å². The van der Waals surface area contributed by atoms with Crippen LogP contribution in [0.3, 0.4) is 0 Å². The smallest absolute Gasteiger partial charge is 0.310 e. The molecule has 0 atom stereocenters. The van der Waals surface area contributed by atoms with E-state index in [1.807, 2.05) is 36.4 Å². The van der Waals surface area contributed by atoms with E-state index in [1.165, 1.54) is 0 Å². The van der Waals surface area contributed by atoms with Gasteiger partial charge in [0.1, 0.15) is 11.6 Å². The van der Waals surface area contributed by atoms with Crippen molar-refractivity contribution in [2.45, 2.75) is 31.6 Å². The molecule has 2 saturated carbocycles. The molecule has 0 spiro atoms. The van der Waals surface area contributed by atoms with Crippen LogP contribution in [0.2, 0.25) is 0 Å². The summed E-state index contributed by atoms with van der Waals surface area (Å²) in [5, 5.41) is 7.37. The van der Waals surface area contributed by atoms with Gasteiger partial charge in [0.25, 0.3) is 5.91 Å². The van der Waals surface area contributed by atoms with Crippen LogP contribution in [-0.4, -0.2) is 34.0 Å². The summed E-state index contributed by atoms with van der Waals surface area (Å²) >= 11 is 0. The lowest BCUT2D eigenvalue weighted by Gasteiger charge is -2.21. The second kappa shape index (κ2) is 6.74. The summed E-state index contributed by atoms with van der Waals surface area (Å²) in [4.78, 5) is 34.9. The maximum Gasteiger partial charge on any atom is 0.310 e. The number of carbonyl (C=O) groups excluding carboxylic acids is 3. The molecule has 134 valence electrons. The lowest BCUT2D eigenvalue weighted by molar-refractivity contribution is -0.157.